The average Bonchev–Trinajstić information content (AvgIpc) is 2.89. The number of hydrogen-bond donors (Lipinski definition) is 2. The molecule has 3 aromatic rings. The van der Waals surface area contributed by atoms with Gasteiger partial charge in [-0.05, 0) is 24.3 Å². The van der Waals surface area contributed by atoms with Crippen LogP contribution in [0.25, 0.3) is 22.2 Å². The van der Waals surface area contributed by atoms with Crippen LogP contribution in [0.1, 0.15) is 5.56 Å². The first-order valence-corrected chi connectivity index (χ1v) is 5.78. The number of furan rings is 1. The minimum absolute atomic E-state index is 0.0603. The lowest BCUT2D eigenvalue weighted by molar-refractivity contribution is -0.137. The number of alkyl halides is 3. The molecule has 21 heavy (non-hydrogen) atoms. The molecule has 3 N–H and O–H groups in total. The second kappa shape index (κ2) is 4.37. The number of phenols is 1. The van der Waals surface area contributed by atoms with Crippen LogP contribution in [0.5, 0.6) is 5.75 Å². The Kier molecular flexibility index (Phi) is 2.75. The van der Waals surface area contributed by atoms with Gasteiger partial charge in [-0.1, -0.05) is 0 Å². The zero-order valence-electron chi connectivity index (χ0n) is 10.3. The van der Waals surface area contributed by atoms with Gasteiger partial charge >= 0.3 is 6.18 Å². The van der Waals surface area contributed by atoms with Crippen LogP contribution in [0.2, 0.25) is 0 Å². The van der Waals surface area contributed by atoms with E-state index in [1.165, 1.54) is 6.26 Å². The fourth-order valence-electron chi connectivity index (χ4n) is 2.00. The molecule has 108 valence electrons. The van der Waals surface area contributed by atoms with E-state index in [4.69, 9.17) is 10.2 Å². The van der Waals surface area contributed by atoms with E-state index in [1.807, 2.05) is 0 Å². The van der Waals surface area contributed by atoms with Crippen molar-refractivity contribution in [2.24, 2.45) is 0 Å². The van der Waals surface area contributed by atoms with Gasteiger partial charge in [-0.15, -0.1) is 10.2 Å². The summed E-state index contributed by atoms with van der Waals surface area (Å²) >= 11 is 0. The van der Waals surface area contributed by atoms with E-state index in [2.05, 4.69) is 10.2 Å². The summed E-state index contributed by atoms with van der Waals surface area (Å²) in [7, 11) is 0. The van der Waals surface area contributed by atoms with Crippen LogP contribution in [0.4, 0.5) is 19.0 Å². The van der Waals surface area contributed by atoms with E-state index < -0.39 is 17.5 Å². The summed E-state index contributed by atoms with van der Waals surface area (Å²) in [6, 6.07) is 4.18. The molecular weight excluding hydrogens is 287 g/mol. The highest BCUT2D eigenvalue weighted by atomic mass is 19.4. The maximum Gasteiger partial charge on any atom is 0.416 e. The Morgan fingerprint density at radius 1 is 1.14 bits per heavy atom. The number of anilines is 1. The first kappa shape index (κ1) is 13.2. The molecule has 2 aromatic heterocycles. The molecule has 0 saturated heterocycles. The highest BCUT2D eigenvalue weighted by molar-refractivity contribution is 5.97. The van der Waals surface area contributed by atoms with Gasteiger partial charge in [0.05, 0.1) is 17.2 Å². The van der Waals surface area contributed by atoms with Crippen molar-refractivity contribution in [2.75, 3.05) is 5.73 Å². The maximum absolute atomic E-state index is 12.6. The predicted molar refractivity (Wildman–Crippen MR) is 68.3 cm³/mol. The van der Waals surface area contributed by atoms with Gasteiger partial charge in [0, 0.05) is 5.56 Å². The van der Waals surface area contributed by atoms with E-state index in [9.17, 15) is 18.3 Å². The van der Waals surface area contributed by atoms with Gasteiger partial charge in [0.25, 0.3) is 0 Å². The van der Waals surface area contributed by atoms with Crippen LogP contribution in [-0.4, -0.2) is 15.3 Å². The molecule has 0 atom stereocenters. The highest BCUT2D eigenvalue weighted by Gasteiger charge is 2.31. The van der Waals surface area contributed by atoms with Gasteiger partial charge in [-0.3, -0.25) is 0 Å². The second-order valence-corrected chi connectivity index (χ2v) is 4.33. The molecule has 0 aliphatic rings. The normalized spacial score (nSPS) is 12.0. The molecular formula is C13H8F3N3O2. The van der Waals surface area contributed by atoms with Gasteiger partial charge in [0.15, 0.2) is 11.4 Å². The molecule has 3 rings (SSSR count). The first-order valence-electron chi connectivity index (χ1n) is 5.78. The van der Waals surface area contributed by atoms with E-state index >= 15 is 0 Å². The zero-order valence-corrected chi connectivity index (χ0v) is 10.3. The van der Waals surface area contributed by atoms with Gasteiger partial charge in [-0.2, -0.15) is 13.2 Å². The van der Waals surface area contributed by atoms with Gasteiger partial charge < -0.3 is 15.3 Å². The van der Waals surface area contributed by atoms with Crippen molar-refractivity contribution in [3.05, 3.63) is 36.1 Å². The summed E-state index contributed by atoms with van der Waals surface area (Å²) < 4.78 is 42.9. The summed E-state index contributed by atoms with van der Waals surface area (Å²) in [6.07, 6.45) is -3.18. The third-order valence-corrected chi connectivity index (χ3v) is 2.99. The molecule has 0 amide bonds. The van der Waals surface area contributed by atoms with Crippen LogP contribution >= 0.6 is 0 Å². The minimum atomic E-state index is -4.53. The molecule has 0 saturated carbocycles. The number of aromatic hydroxyl groups is 1. The third kappa shape index (κ3) is 2.14. The molecule has 0 unspecified atom stereocenters. The van der Waals surface area contributed by atoms with Crippen molar-refractivity contribution < 1.29 is 22.7 Å². The Bertz CT molecular complexity index is 827. The topological polar surface area (TPSA) is 85.2 Å². The SMILES string of the molecule is Nc1nnc(-c2ccc(C(F)(F)F)cc2O)c2ccoc12. The quantitative estimate of drug-likeness (QED) is 0.720. The van der Waals surface area contributed by atoms with E-state index in [0.717, 1.165) is 12.1 Å². The number of hydrogen-bond acceptors (Lipinski definition) is 5. The summed E-state index contributed by atoms with van der Waals surface area (Å²) in [5, 5.41) is 17.8. The monoisotopic (exact) mass is 295 g/mol. The Hall–Kier alpha value is -2.77. The molecule has 2 heterocycles. The molecule has 0 aliphatic heterocycles. The van der Waals surface area contributed by atoms with E-state index in [1.54, 1.807) is 6.07 Å². The number of nitrogen functional groups attached to an aromatic ring is 1. The fourth-order valence-corrected chi connectivity index (χ4v) is 2.00. The number of fused-ring (bicyclic) bond motifs is 1. The van der Waals surface area contributed by atoms with Crippen LogP contribution in [-0.2, 0) is 6.18 Å². The largest absolute Gasteiger partial charge is 0.507 e. The molecule has 1 aromatic carbocycles. The molecule has 8 heteroatoms. The highest BCUT2D eigenvalue weighted by Crippen LogP contribution is 2.38. The van der Waals surface area contributed by atoms with E-state index in [-0.39, 0.29) is 22.7 Å². The third-order valence-electron chi connectivity index (χ3n) is 2.99. The Labute approximate surface area is 115 Å². The zero-order chi connectivity index (χ0) is 15.2. The number of rotatable bonds is 1. The van der Waals surface area contributed by atoms with Gasteiger partial charge in [0.2, 0.25) is 0 Å². The fraction of sp³-hybridized carbons (Fsp3) is 0.0769. The Morgan fingerprint density at radius 2 is 1.90 bits per heavy atom. The minimum Gasteiger partial charge on any atom is -0.507 e. The number of benzene rings is 1. The Balaban J connectivity index is 2.20. The van der Waals surface area contributed by atoms with Crippen LogP contribution in [0, 0.1) is 0 Å². The van der Waals surface area contributed by atoms with Crippen molar-refractivity contribution in [1.29, 1.82) is 0 Å². The molecule has 0 bridgehead atoms. The summed E-state index contributed by atoms with van der Waals surface area (Å²) in [5.74, 6) is -0.489. The van der Waals surface area contributed by atoms with Crippen molar-refractivity contribution in [2.45, 2.75) is 6.18 Å². The number of nitrogens with zero attached hydrogens (tertiary/aromatic N) is 2. The molecule has 0 fully saturated rings. The van der Waals surface area contributed by atoms with Gasteiger partial charge in [0.1, 0.15) is 11.4 Å². The Morgan fingerprint density at radius 3 is 2.57 bits per heavy atom. The van der Waals surface area contributed by atoms with Crippen molar-refractivity contribution in [3.8, 4) is 17.0 Å². The lowest BCUT2D eigenvalue weighted by Gasteiger charge is -2.10. The molecule has 0 radical (unpaired) electrons. The molecule has 0 spiro atoms. The summed E-state index contributed by atoms with van der Waals surface area (Å²) in [5.41, 5.74) is 5.21. The van der Waals surface area contributed by atoms with Crippen LogP contribution < -0.4 is 5.73 Å². The lowest BCUT2D eigenvalue weighted by atomic mass is 10.0. The smallest absolute Gasteiger partial charge is 0.416 e. The standard InChI is InChI=1S/C13H8F3N3O2/c14-13(15,16)6-1-2-7(9(20)5-6)10-8-3-4-21-11(8)12(17)19-18-10/h1-5,20H,(H2,17,19). The van der Waals surface area contributed by atoms with Gasteiger partial charge in [-0.25, -0.2) is 0 Å². The number of aromatic nitrogens is 2. The second-order valence-electron chi connectivity index (χ2n) is 4.33. The van der Waals surface area contributed by atoms with E-state index in [0.29, 0.717) is 11.5 Å². The van der Waals surface area contributed by atoms with Crippen LogP contribution in [0.3, 0.4) is 0 Å². The van der Waals surface area contributed by atoms with Crippen molar-refractivity contribution in [1.82, 2.24) is 10.2 Å². The van der Waals surface area contributed by atoms with Crippen molar-refractivity contribution >= 4 is 16.8 Å². The maximum atomic E-state index is 12.6. The lowest BCUT2D eigenvalue weighted by Crippen LogP contribution is -2.04. The summed E-state index contributed by atoms with van der Waals surface area (Å²) in [4.78, 5) is 0. The predicted octanol–water partition coefficient (Wildman–Crippen LogP) is 3.20. The molecule has 0 aliphatic carbocycles. The summed E-state index contributed by atoms with van der Waals surface area (Å²) in [6.45, 7) is 0. The molecule has 5 nitrogen and oxygen atoms in total. The number of halogens is 3. The van der Waals surface area contributed by atoms with Crippen LogP contribution in [0.15, 0.2) is 34.9 Å². The number of phenolic OH excluding ortho intramolecular Hbond substituents is 1. The van der Waals surface area contributed by atoms with Crippen molar-refractivity contribution in [3.63, 3.8) is 0 Å². The first-order chi connectivity index (χ1) is 9.88. The number of nitrogens with two attached hydrogens (primary N) is 1. The average molecular weight is 295 g/mol.